The molecule has 0 radical (unpaired) electrons. The van der Waals surface area contributed by atoms with Crippen molar-refractivity contribution >= 4 is 33.5 Å². The quantitative estimate of drug-likeness (QED) is 0.489. The van der Waals surface area contributed by atoms with Crippen LogP contribution in [0.15, 0.2) is 63.9 Å². The van der Waals surface area contributed by atoms with Crippen LogP contribution in [0, 0.1) is 0 Å². The number of carboxylic acid groups (broad SMARTS) is 1. The van der Waals surface area contributed by atoms with E-state index in [2.05, 4.69) is 15.9 Å². The van der Waals surface area contributed by atoms with Gasteiger partial charge in [0.05, 0.1) is 18.4 Å². The van der Waals surface area contributed by atoms with Crippen molar-refractivity contribution in [3.05, 3.63) is 91.3 Å². The lowest BCUT2D eigenvalue weighted by Gasteiger charge is -2.16. The van der Waals surface area contributed by atoms with Crippen molar-refractivity contribution in [1.82, 2.24) is 4.57 Å². The summed E-state index contributed by atoms with van der Waals surface area (Å²) in [6.45, 7) is 0.513. The van der Waals surface area contributed by atoms with Crippen molar-refractivity contribution in [3.63, 3.8) is 0 Å². The van der Waals surface area contributed by atoms with Gasteiger partial charge in [0, 0.05) is 17.1 Å². The molecule has 0 aliphatic heterocycles. The number of aromatic carboxylic acids is 1. The van der Waals surface area contributed by atoms with E-state index in [1.165, 1.54) is 0 Å². The third-order valence-corrected chi connectivity index (χ3v) is 5.50. The van der Waals surface area contributed by atoms with Gasteiger partial charge in [-0.25, -0.2) is 4.79 Å². The van der Waals surface area contributed by atoms with Crippen molar-refractivity contribution in [2.45, 2.75) is 19.6 Å². The number of carboxylic acids is 1. The summed E-state index contributed by atoms with van der Waals surface area (Å²) in [5, 5.41) is 9.12. The second kappa shape index (κ2) is 9.82. The highest BCUT2D eigenvalue weighted by atomic mass is 79.9. The van der Waals surface area contributed by atoms with Crippen LogP contribution in [0.5, 0.6) is 11.5 Å². The first-order valence-corrected chi connectivity index (χ1v) is 10.2. The van der Waals surface area contributed by atoms with E-state index < -0.39 is 5.97 Å². The molecule has 156 valence electrons. The van der Waals surface area contributed by atoms with Gasteiger partial charge in [0.2, 0.25) is 0 Å². The number of nitrogens with zero attached hydrogens (tertiary/aromatic N) is 1. The highest BCUT2D eigenvalue weighted by Gasteiger charge is 2.14. The molecule has 0 atom stereocenters. The van der Waals surface area contributed by atoms with Crippen LogP contribution in [-0.2, 0) is 19.6 Å². The number of ether oxygens (including phenoxy) is 2. The highest BCUT2D eigenvalue weighted by molar-refractivity contribution is 9.10. The molecular formula is C22H19BrClNO5. The maximum atomic E-state index is 12.7. The molecule has 0 saturated heterocycles. The summed E-state index contributed by atoms with van der Waals surface area (Å²) in [6, 6.07) is 15.3. The summed E-state index contributed by atoms with van der Waals surface area (Å²) in [7, 11) is 1.58. The predicted molar refractivity (Wildman–Crippen MR) is 118 cm³/mol. The molecule has 1 aromatic heterocycles. The van der Waals surface area contributed by atoms with Crippen molar-refractivity contribution in [2.75, 3.05) is 7.11 Å². The van der Waals surface area contributed by atoms with Gasteiger partial charge >= 0.3 is 5.97 Å². The molecule has 0 saturated carbocycles. The Balaban J connectivity index is 1.82. The molecule has 8 heteroatoms. The zero-order chi connectivity index (χ0) is 21.7. The van der Waals surface area contributed by atoms with Gasteiger partial charge in [-0.15, -0.1) is 0 Å². The second-order valence-electron chi connectivity index (χ2n) is 6.46. The number of benzene rings is 2. The van der Waals surface area contributed by atoms with E-state index in [-0.39, 0.29) is 22.8 Å². The monoisotopic (exact) mass is 491 g/mol. The highest BCUT2D eigenvalue weighted by Crippen LogP contribution is 2.24. The van der Waals surface area contributed by atoms with Crippen molar-refractivity contribution in [2.24, 2.45) is 0 Å². The number of hydrogen-bond acceptors (Lipinski definition) is 4. The first kappa shape index (κ1) is 21.9. The van der Waals surface area contributed by atoms with Crippen molar-refractivity contribution < 1.29 is 19.4 Å². The molecule has 6 nitrogen and oxygen atoms in total. The summed E-state index contributed by atoms with van der Waals surface area (Å²) >= 11 is 9.57. The maximum absolute atomic E-state index is 12.7. The number of aromatic nitrogens is 1. The SMILES string of the molecule is COc1cccc(OCc2c(Br)cc(Cl)c(=O)n2CCc2ccc(C(=O)O)cc2)c1. The molecule has 3 rings (SSSR count). The van der Waals surface area contributed by atoms with Gasteiger partial charge < -0.3 is 19.1 Å². The molecule has 0 aliphatic rings. The molecule has 0 unspecified atom stereocenters. The molecule has 1 heterocycles. The van der Waals surface area contributed by atoms with Gasteiger partial charge in [0.15, 0.2) is 0 Å². The second-order valence-corrected chi connectivity index (χ2v) is 7.72. The van der Waals surface area contributed by atoms with E-state index in [9.17, 15) is 9.59 Å². The van der Waals surface area contributed by atoms with Gasteiger partial charge in [0.25, 0.3) is 5.56 Å². The lowest BCUT2D eigenvalue weighted by Crippen LogP contribution is -2.26. The van der Waals surface area contributed by atoms with Gasteiger partial charge in [-0.1, -0.05) is 29.8 Å². The lowest BCUT2D eigenvalue weighted by atomic mass is 10.1. The Kier molecular flexibility index (Phi) is 7.18. The summed E-state index contributed by atoms with van der Waals surface area (Å²) in [4.78, 5) is 23.7. The molecule has 30 heavy (non-hydrogen) atoms. The zero-order valence-corrected chi connectivity index (χ0v) is 18.4. The third kappa shape index (κ3) is 5.23. The van der Waals surface area contributed by atoms with E-state index >= 15 is 0 Å². The Morgan fingerprint density at radius 2 is 1.83 bits per heavy atom. The van der Waals surface area contributed by atoms with Gasteiger partial charge in [-0.2, -0.15) is 0 Å². The van der Waals surface area contributed by atoms with Gasteiger partial charge in [-0.3, -0.25) is 4.79 Å². The number of pyridine rings is 1. The summed E-state index contributed by atoms with van der Waals surface area (Å²) in [5.74, 6) is 0.304. The van der Waals surface area contributed by atoms with Crippen LogP contribution in [0.3, 0.4) is 0 Å². The average molecular weight is 493 g/mol. The zero-order valence-electron chi connectivity index (χ0n) is 16.1. The normalized spacial score (nSPS) is 10.6. The van der Waals surface area contributed by atoms with E-state index in [1.54, 1.807) is 54.1 Å². The number of halogens is 2. The Labute approximate surface area is 186 Å². The van der Waals surface area contributed by atoms with Gasteiger partial charge in [-0.05, 0) is 58.2 Å². The lowest BCUT2D eigenvalue weighted by molar-refractivity contribution is 0.0697. The predicted octanol–water partition coefficient (Wildman–Crippen LogP) is 4.79. The topological polar surface area (TPSA) is 77.8 Å². The average Bonchev–Trinajstić information content (AvgIpc) is 2.75. The van der Waals surface area contributed by atoms with E-state index in [0.717, 1.165) is 5.56 Å². The number of methoxy groups -OCH3 is 1. The number of carbonyl (C=O) groups is 1. The van der Waals surface area contributed by atoms with Crippen LogP contribution in [0.4, 0.5) is 0 Å². The molecule has 0 amide bonds. The molecule has 0 fully saturated rings. The maximum Gasteiger partial charge on any atom is 0.335 e. The van der Waals surface area contributed by atoms with E-state index in [0.29, 0.717) is 34.6 Å². The standard InChI is InChI=1S/C22H19BrClNO5/c1-29-16-3-2-4-17(11-16)30-13-20-18(23)12-19(24)21(26)25(20)10-9-14-5-7-15(8-6-14)22(27)28/h2-8,11-12H,9-10,13H2,1H3,(H,27,28). The first-order valence-electron chi connectivity index (χ1n) is 9.06. The van der Waals surface area contributed by atoms with Crippen LogP contribution < -0.4 is 15.0 Å². The summed E-state index contributed by atoms with van der Waals surface area (Å²) in [5.41, 5.74) is 1.46. The van der Waals surface area contributed by atoms with Crippen LogP contribution in [0.2, 0.25) is 5.02 Å². The molecule has 3 aromatic rings. The Morgan fingerprint density at radius 1 is 1.13 bits per heavy atom. The number of rotatable bonds is 8. The number of hydrogen-bond donors (Lipinski definition) is 1. The summed E-state index contributed by atoms with van der Waals surface area (Å²) in [6.07, 6.45) is 0.527. The Bertz CT molecular complexity index is 1110. The van der Waals surface area contributed by atoms with Gasteiger partial charge in [0.1, 0.15) is 23.1 Å². The van der Waals surface area contributed by atoms with E-state index in [1.807, 2.05) is 12.1 Å². The van der Waals surface area contributed by atoms with Crippen LogP contribution in [-0.4, -0.2) is 22.8 Å². The Morgan fingerprint density at radius 3 is 2.50 bits per heavy atom. The minimum atomic E-state index is -0.978. The van der Waals surface area contributed by atoms with Crippen LogP contribution in [0.25, 0.3) is 0 Å². The molecule has 2 aromatic carbocycles. The largest absolute Gasteiger partial charge is 0.497 e. The minimum Gasteiger partial charge on any atom is -0.497 e. The fraction of sp³-hybridized carbons (Fsp3) is 0.182. The number of aryl methyl sites for hydroxylation is 1. The minimum absolute atomic E-state index is 0.105. The Hall–Kier alpha value is -2.77. The molecular weight excluding hydrogens is 474 g/mol. The third-order valence-electron chi connectivity index (χ3n) is 4.55. The van der Waals surface area contributed by atoms with Crippen LogP contribution >= 0.6 is 27.5 Å². The van der Waals surface area contributed by atoms with Crippen molar-refractivity contribution in [1.29, 1.82) is 0 Å². The fourth-order valence-corrected chi connectivity index (χ4v) is 3.82. The molecule has 1 N–H and O–H groups in total. The van der Waals surface area contributed by atoms with E-state index in [4.69, 9.17) is 26.2 Å². The fourth-order valence-electron chi connectivity index (χ4n) is 2.92. The molecule has 0 bridgehead atoms. The summed E-state index contributed by atoms with van der Waals surface area (Å²) < 4.78 is 13.3. The smallest absolute Gasteiger partial charge is 0.335 e. The first-order chi connectivity index (χ1) is 14.4. The van der Waals surface area contributed by atoms with Crippen LogP contribution in [0.1, 0.15) is 21.6 Å². The molecule has 0 spiro atoms. The van der Waals surface area contributed by atoms with Crippen molar-refractivity contribution in [3.8, 4) is 11.5 Å². The molecule has 0 aliphatic carbocycles.